The summed E-state index contributed by atoms with van der Waals surface area (Å²) in [7, 11) is -2.25. The standard InChI is InChI=1S/C6H10O2S/c1-2-6(9(7)8)4-3-5-6/h3-4,9H,2,5H2,1H3. The van der Waals surface area contributed by atoms with Gasteiger partial charge in [-0.1, -0.05) is 19.1 Å². The van der Waals surface area contributed by atoms with Gasteiger partial charge in [-0.15, -0.1) is 0 Å². The molecule has 0 saturated heterocycles. The smallest absolute Gasteiger partial charge is 0.149 e. The Morgan fingerprint density at radius 2 is 2.22 bits per heavy atom. The summed E-state index contributed by atoms with van der Waals surface area (Å²) in [5, 5.41) is 0. The van der Waals surface area contributed by atoms with Gasteiger partial charge < -0.3 is 0 Å². The fourth-order valence-electron chi connectivity index (χ4n) is 0.917. The highest BCUT2D eigenvalue weighted by atomic mass is 32.2. The second kappa shape index (κ2) is 2.14. The molecule has 1 atom stereocenters. The second-order valence-corrected chi connectivity index (χ2v) is 3.73. The lowest BCUT2D eigenvalue weighted by Gasteiger charge is -2.27. The van der Waals surface area contributed by atoms with E-state index in [0.29, 0.717) is 12.8 Å². The van der Waals surface area contributed by atoms with Crippen LogP contribution in [0.4, 0.5) is 0 Å². The van der Waals surface area contributed by atoms with E-state index in [1.807, 2.05) is 13.0 Å². The van der Waals surface area contributed by atoms with Crippen molar-refractivity contribution in [2.24, 2.45) is 0 Å². The third-order valence-electron chi connectivity index (χ3n) is 1.88. The zero-order valence-electron chi connectivity index (χ0n) is 5.33. The van der Waals surface area contributed by atoms with Crippen LogP contribution in [0.2, 0.25) is 0 Å². The lowest BCUT2D eigenvalue weighted by Crippen LogP contribution is -2.31. The molecular formula is C6H10O2S. The molecule has 1 aliphatic rings. The number of allylic oxidation sites excluding steroid dienone is 1. The largest absolute Gasteiger partial charge is 0.231 e. The molecule has 1 aliphatic carbocycles. The van der Waals surface area contributed by atoms with Gasteiger partial charge in [0.25, 0.3) is 0 Å². The highest BCUT2D eigenvalue weighted by Gasteiger charge is 2.32. The van der Waals surface area contributed by atoms with E-state index in [1.54, 1.807) is 6.08 Å². The first-order valence-corrected chi connectivity index (χ1v) is 4.21. The van der Waals surface area contributed by atoms with Crippen molar-refractivity contribution >= 4 is 10.7 Å². The van der Waals surface area contributed by atoms with Gasteiger partial charge in [0.05, 0.1) is 4.75 Å². The summed E-state index contributed by atoms with van der Waals surface area (Å²) >= 11 is 0. The maximum absolute atomic E-state index is 10.5. The first-order chi connectivity index (χ1) is 4.21. The fourth-order valence-corrected chi connectivity index (χ4v) is 1.66. The molecule has 52 valence electrons. The van der Waals surface area contributed by atoms with E-state index >= 15 is 0 Å². The van der Waals surface area contributed by atoms with Crippen molar-refractivity contribution in [3.63, 3.8) is 0 Å². The highest BCUT2D eigenvalue weighted by molar-refractivity contribution is 7.74. The molecule has 1 rings (SSSR count). The molecule has 1 unspecified atom stereocenters. The molecule has 0 aromatic heterocycles. The van der Waals surface area contributed by atoms with E-state index < -0.39 is 15.5 Å². The molecule has 0 fully saturated rings. The molecule has 0 aromatic rings. The molecule has 0 aliphatic heterocycles. The van der Waals surface area contributed by atoms with Crippen molar-refractivity contribution in [3.05, 3.63) is 12.2 Å². The van der Waals surface area contributed by atoms with Gasteiger partial charge in [0.2, 0.25) is 0 Å². The SMILES string of the molecule is CCC1([SH](=O)=O)C=CC1. The summed E-state index contributed by atoms with van der Waals surface area (Å²) in [6, 6.07) is 0. The Morgan fingerprint density at radius 3 is 2.22 bits per heavy atom. The van der Waals surface area contributed by atoms with Crippen molar-refractivity contribution in [2.75, 3.05) is 0 Å². The van der Waals surface area contributed by atoms with Crippen LogP contribution in [-0.2, 0) is 10.7 Å². The maximum Gasteiger partial charge on any atom is 0.149 e. The molecular weight excluding hydrogens is 136 g/mol. The van der Waals surface area contributed by atoms with Gasteiger partial charge in [-0.25, -0.2) is 8.42 Å². The average molecular weight is 146 g/mol. The second-order valence-electron chi connectivity index (χ2n) is 2.32. The van der Waals surface area contributed by atoms with Crippen LogP contribution < -0.4 is 0 Å². The highest BCUT2D eigenvalue weighted by Crippen LogP contribution is 2.29. The first kappa shape index (κ1) is 6.81. The quantitative estimate of drug-likeness (QED) is 0.460. The molecule has 0 saturated carbocycles. The average Bonchev–Trinajstić information content (AvgIpc) is 1.62. The lowest BCUT2D eigenvalue weighted by molar-refractivity contribution is 0.547. The monoisotopic (exact) mass is 146 g/mol. The van der Waals surface area contributed by atoms with Gasteiger partial charge in [0.15, 0.2) is 0 Å². The van der Waals surface area contributed by atoms with Crippen molar-refractivity contribution in [2.45, 2.75) is 24.5 Å². The van der Waals surface area contributed by atoms with E-state index in [1.165, 1.54) is 0 Å². The molecule has 0 heterocycles. The van der Waals surface area contributed by atoms with Gasteiger partial charge in [0, 0.05) is 0 Å². The maximum atomic E-state index is 10.5. The Hall–Kier alpha value is -0.310. The van der Waals surface area contributed by atoms with E-state index in [9.17, 15) is 8.42 Å². The normalized spacial score (nSPS) is 32.7. The molecule has 3 heteroatoms. The predicted molar refractivity (Wildman–Crippen MR) is 37.1 cm³/mol. The van der Waals surface area contributed by atoms with E-state index in [2.05, 4.69) is 0 Å². The van der Waals surface area contributed by atoms with Crippen molar-refractivity contribution in [3.8, 4) is 0 Å². The summed E-state index contributed by atoms with van der Waals surface area (Å²) in [6.45, 7) is 1.90. The number of rotatable bonds is 2. The van der Waals surface area contributed by atoms with Crippen LogP contribution in [0.15, 0.2) is 12.2 Å². The molecule has 0 aromatic carbocycles. The molecule has 0 amide bonds. The number of hydrogen-bond acceptors (Lipinski definition) is 2. The van der Waals surface area contributed by atoms with E-state index in [-0.39, 0.29) is 0 Å². The third-order valence-corrected chi connectivity index (χ3v) is 3.25. The molecule has 2 nitrogen and oxygen atoms in total. The summed E-state index contributed by atoms with van der Waals surface area (Å²) in [5.41, 5.74) is 0. The topological polar surface area (TPSA) is 34.1 Å². The Kier molecular flexibility index (Phi) is 1.62. The third kappa shape index (κ3) is 0.894. The van der Waals surface area contributed by atoms with Crippen LogP contribution in [0.3, 0.4) is 0 Å². The van der Waals surface area contributed by atoms with Crippen LogP contribution in [0.1, 0.15) is 19.8 Å². The van der Waals surface area contributed by atoms with Gasteiger partial charge in [0.1, 0.15) is 10.7 Å². The lowest BCUT2D eigenvalue weighted by atomic mass is 9.92. The predicted octanol–water partition coefficient (Wildman–Crippen LogP) is 0.707. The van der Waals surface area contributed by atoms with E-state index in [4.69, 9.17) is 0 Å². The zero-order chi connectivity index (χ0) is 6.91. The molecule has 0 bridgehead atoms. The first-order valence-electron chi connectivity index (χ1n) is 3.03. The van der Waals surface area contributed by atoms with Gasteiger partial charge >= 0.3 is 0 Å². The summed E-state index contributed by atoms with van der Waals surface area (Å²) in [6.07, 6.45) is 5.09. The Morgan fingerprint density at radius 1 is 1.67 bits per heavy atom. The van der Waals surface area contributed by atoms with E-state index in [0.717, 1.165) is 0 Å². The molecule has 0 N–H and O–H groups in total. The number of thiol groups is 1. The van der Waals surface area contributed by atoms with Gasteiger partial charge in [-0.3, -0.25) is 0 Å². The number of hydrogen-bond donors (Lipinski definition) is 1. The van der Waals surface area contributed by atoms with Crippen LogP contribution in [0, 0.1) is 0 Å². The van der Waals surface area contributed by atoms with Crippen molar-refractivity contribution in [1.82, 2.24) is 0 Å². The summed E-state index contributed by atoms with van der Waals surface area (Å²) < 4.78 is 20.6. The Bertz CT molecular complexity index is 197. The Labute approximate surface area is 56.5 Å². The molecule has 0 spiro atoms. The van der Waals surface area contributed by atoms with Crippen LogP contribution in [0.25, 0.3) is 0 Å². The molecule has 9 heavy (non-hydrogen) atoms. The minimum atomic E-state index is -2.25. The van der Waals surface area contributed by atoms with Gasteiger partial charge in [-0.2, -0.15) is 0 Å². The Balaban J connectivity index is 2.83. The minimum absolute atomic E-state index is 0.463. The van der Waals surface area contributed by atoms with Crippen LogP contribution in [-0.4, -0.2) is 13.2 Å². The van der Waals surface area contributed by atoms with Crippen LogP contribution >= 0.6 is 0 Å². The zero-order valence-corrected chi connectivity index (χ0v) is 6.23. The molecule has 0 radical (unpaired) electrons. The fraction of sp³-hybridized carbons (Fsp3) is 0.667. The summed E-state index contributed by atoms with van der Waals surface area (Å²) in [5.74, 6) is 0. The van der Waals surface area contributed by atoms with Crippen molar-refractivity contribution < 1.29 is 8.42 Å². The minimum Gasteiger partial charge on any atom is -0.231 e. The van der Waals surface area contributed by atoms with Gasteiger partial charge in [-0.05, 0) is 12.8 Å². The van der Waals surface area contributed by atoms with Crippen molar-refractivity contribution in [1.29, 1.82) is 0 Å². The summed E-state index contributed by atoms with van der Waals surface area (Å²) in [4.78, 5) is 0. The van der Waals surface area contributed by atoms with Crippen LogP contribution in [0.5, 0.6) is 0 Å².